The highest BCUT2D eigenvalue weighted by Gasteiger charge is 2.26. The molecule has 0 unspecified atom stereocenters. The van der Waals surface area contributed by atoms with E-state index >= 15 is 0 Å². The molecule has 2 aromatic rings. The molecule has 0 aliphatic carbocycles. The standard InChI is InChI=1S/C28H34N2O6/c1-34-24-6-4-21(5-7-24)25(31)8-10-27(32)30-15-16-36-26-9-3-20(17-23(26)19-30)18-29-13-11-22(12-14-29)28(33)35-2/h3-7,9,17,22H,8,10-16,18-19H2,1-2H3. The number of piperidine rings is 1. The number of nitrogens with zero attached hydrogens (tertiary/aromatic N) is 2. The number of amides is 1. The van der Waals surface area contributed by atoms with Crippen LogP contribution in [0.25, 0.3) is 0 Å². The van der Waals surface area contributed by atoms with Crippen LogP contribution in [0.3, 0.4) is 0 Å². The van der Waals surface area contributed by atoms with E-state index in [9.17, 15) is 14.4 Å². The molecule has 4 rings (SSSR count). The van der Waals surface area contributed by atoms with E-state index in [2.05, 4.69) is 17.0 Å². The van der Waals surface area contributed by atoms with E-state index < -0.39 is 0 Å². The highest BCUT2D eigenvalue weighted by atomic mass is 16.5. The van der Waals surface area contributed by atoms with Gasteiger partial charge in [0.05, 0.1) is 26.7 Å². The molecule has 2 aliphatic heterocycles. The number of fused-ring (bicyclic) bond motifs is 1. The fourth-order valence-corrected chi connectivity index (χ4v) is 4.81. The number of carbonyl (C=O) groups excluding carboxylic acids is 3. The number of carbonyl (C=O) groups is 3. The molecule has 8 heteroatoms. The van der Waals surface area contributed by atoms with Gasteiger partial charge in [-0.3, -0.25) is 19.3 Å². The molecule has 0 bridgehead atoms. The van der Waals surface area contributed by atoms with E-state index in [1.54, 1.807) is 36.3 Å². The van der Waals surface area contributed by atoms with Gasteiger partial charge in [0.15, 0.2) is 5.78 Å². The van der Waals surface area contributed by atoms with Crippen LogP contribution in [0.2, 0.25) is 0 Å². The summed E-state index contributed by atoms with van der Waals surface area (Å²) in [6.45, 7) is 3.85. The van der Waals surface area contributed by atoms with E-state index in [1.807, 2.05) is 6.07 Å². The number of rotatable bonds is 8. The number of hydrogen-bond acceptors (Lipinski definition) is 7. The Balaban J connectivity index is 1.32. The summed E-state index contributed by atoms with van der Waals surface area (Å²) in [5.74, 6) is 1.25. The van der Waals surface area contributed by atoms with Crippen LogP contribution in [0.4, 0.5) is 0 Å². The number of ether oxygens (including phenoxy) is 3. The van der Waals surface area contributed by atoms with Gasteiger partial charge < -0.3 is 19.1 Å². The van der Waals surface area contributed by atoms with Crippen LogP contribution in [0.5, 0.6) is 11.5 Å². The molecule has 36 heavy (non-hydrogen) atoms. The molecule has 2 heterocycles. The molecule has 1 amide bonds. The second-order valence-corrected chi connectivity index (χ2v) is 9.33. The molecule has 1 saturated heterocycles. The van der Waals surface area contributed by atoms with Gasteiger partial charge in [0.1, 0.15) is 18.1 Å². The Labute approximate surface area is 212 Å². The maximum atomic E-state index is 13.0. The lowest BCUT2D eigenvalue weighted by Crippen LogP contribution is -2.36. The lowest BCUT2D eigenvalue weighted by molar-refractivity contribution is -0.147. The van der Waals surface area contributed by atoms with Crippen LogP contribution in [-0.2, 0) is 27.4 Å². The summed E-state index contributed by atoms with van der Waals surface area (Å²) in [6.07, 6.45) is 1.93. The fourth-order valence-electron chi connectivity index (χ4n) is 4.81. The van der Waals surface area contributed by atoms with Crippen molar-refractivity contribution in [2.75, 3.05) is 40.5 Å². The molecule has 0 spiro atoms. The van der Waals surface area contributed by atoms with Crippen molar-refractivity contribution < 1.29 is 28.6 Å². The molecule has 1 fully saturated rings. The van der Waals surface area contributed by atoms with Crippen molar-refractivity contribution >= 4 is 17.7 Å². The third-order valence-corrected chi connectivity index (χ3v) is 6.96. The number of esters is 1. The first-order valence-corrected chi connectivity index (χ1v) is 12.5. The van der Waals surface area contributed by atoms with Crippen LogP contribution >= 0.6 is 0 Å². The molecule has 0 atom stereocenters. The third kappa shape index (κ3) is 6.43. The Bertz CT molecular complexity index is 1080. The molecule has 0 radical (unpaired) electrons. The van der Waals surface area contributed by atoms with Gasteiger partial charge in [-0.1, -0.05) is 6.07 Å². The zero-order valence-electron chi connectivity index (χ0n) is 21.0. The molecule has 0 saturated carbocycles. The monoisotopic (exact) mass is 494 g/mol. The van der Waals surface area contributed by atoms with Crippen molar-refractivity contribution in [1.29, 1.82) is 0 Å². The number of benzene rings is 2. The van der Waals surface area contributed by atoms with E-state index in [-0.39, 0.29) is 36.4 Å². The summed E-state index contributed by atoms with van der Waals surface area (Å²) >= 11 is 0. The van der Waals surface area contributed by atoms with Crippen molar-refractivity contribution in [3.8, 4) is 11.5 Å². The molecule has 2 aliphatic rings. The van der Waals surface area contributed by atoms with E-state index in [1.165, 1.54) is 7.11 Å². The summed E-state index contributed by atoms with van der Waals surface area (Å²) in [6, 6.07) is 13.1. The number of hydrogen-bond donors (Lipinski definition) is 0. The first kappa shape index (κ1) is 25.7. The van der Waals surface area contributed by atoms with Crippen LogP contribution in [0, 0.1) is 5.92 Å². The van der Waals surface area contributed by atoms with Gasteiger partial charge in [0, 0.05) is 37.1 Å². The Hall–Kier alpha value is -3.39. The molecule has 192 valence electrons. The summed E-state index contributed by atoms with van der Waals surface area (Å²) in [5, 5.41) is 0. The third-order valence-electron chi connectivity index (χ3n) is 6.96. The maximum Gasteiger partial charge on any atom is 0.308 e. The predicted octanol–water partition coefficient (Wildman–Crippen LogP) is 3.46. The van der Waals surface area contributed by atoms with E-state index in [4.69, 9.17) is 14.2 Å². The number of methoxy groups -OCH3 is 2. The number of likely N-dealkylation sites (tertiary alicyclic amines) is 1. The number of Topliss-reactive ketones (excluding diaryl/α,β-unsaturated/α-hetero) is 1. The average molecular weight is 495 g/mol. The molecule has 0 N–H and O–H groups in total. The molecular formula is C28H34N2O6. The van der Waals surface area contributed by atoms with Crippen LogP contribution in [-0.4, -0.2) is 67.9 Å². The van der Waals surface area contributed by atoms with Crippen molar-refractivity contribution in [1.82, 2.24) is 9.80 Å². The van der Waals surface area contributed by atoms with Crippen LogP contribution in [0.15, 0.2) is 42.5 Å². The highest BCUT2D eigenvalue weighted by molar-refractivity contribution is 5.98. The minimum atomic E-state index is -0.118. The normalized spacial score (nSPS) is 16.4. The first-order valence-electron chi connectivity index (χ1n) is 12.5. The molecule has 0 aromatic heterocycles. The van der Waals surface area contributed by atoms with Gasteiger partial charge in [0.25, 0.3) is 0 Å². The largest absolute Gasteiger partial charge is 0.497 e. The summed E-state index contributed by atoms with van der Waals surface area (Å²) in [5.41, 5.74) is 2.70. The topological polar surface area (TPSA) is 85.4 Å². The SMILES string of the molecule is COC(=O)C1CCN(Cc2ccc3c(c2)CN(C(=O)CCC(=O)c2ccc(OC)cc2)CCO3)CC1. The summed E-state index contributed by atoms with van der Waals surface area (Å²) in [7, 11) is 3.02. The van der Waals surface area contributed by atoms with Crippen molar-refractivity contribution in [3.05, 3.63) is 59.2 Å². The highest BCUT2D eigenvalue weighted by Crippen LogP contribution is 2.27. The van der Waals surface area contributed by atoms with E-state index in [0.717, 1.165) is 49.4 Å². The summed E-state index contributed by atoms with van der Waals surface area (Å²) in [4.78, 5) is 41.4. The van der Waals surface area contributed by atoms with Gasteiger partial charge in [-0.25, -0.2) is 0 Å². The fraction of sp³-hybridized carbons (Fsp3) is 0.464. The minimum absolute atomic E-state index is 0.0112. The summed E-state index contributed by atoms with van der Waals surface area (Å²) < 4.78 is 15.9. The van der Waals surface area contributed by atoms with Gasteiger partial charge >= 0.3 is 5.97 Å². The van der Waals surface area contributed by atoms with Gasteiger partial charge in [-0.05, 0) is 67.9 Å². The second-order valence-electron chi connectivity index (χ2n) is 9.33. The predicted molar refractivity (Wildman–Crippen MR) is 134 cm³/mol. The van der Waals surface area contributed by atoms with Gasteiger partial charge in [-0.15, -0.1) is 0 Å². The van der Waals surface area contributed by atoms with Crippen molar-refractivity contribution in [2.24, 2.45) is 5.92 Å². The average Bonchev–Trinajstić information content (AvgIpc) is 3.14. The quantitative estimate of drug-likeness (QED) is 0.410. The molecule has 8 nitrogen and oxygen atoms in total. The van der Waals surface area contributed by atoms with E-state index in [0.29, 0.717) is 31.0 Å². The zero-order valence-corrected chi connectivity index (χ0v) is 21.0. The maximum absolute atomic E-state index is 13.0. The Morgan fingerprint density at radius 1 is 0.972 bits per heavy atom. The molecule has 2 aromatic carbocycles. The van der Waals surface area contributed by atoms with Gasteiger partial charge in [-0.2, -0.15) is 0 Å². The molecular weight excluding hydrogens is 460 g/mol. The van der Waals surface area contributed by atoms with Crippen molar-refractivity contribution in [3.63, 3.8) is 0 Å². The Morgan fingerprint density at radius 3 is 2.42 bits per heavy atom. The van der Waals surface area contributed by atoms with Crippen molar-refractivity contribution in [2.45, 2.75) is 38.8 Å². The lowest BCUT2D eigenvalue weighted by atomic mass is 9.96. The number of ketones is 1. The smallest absolute Gasteiger partial charge is 0.308 e. The second kappa shape index (κ2) is 12.0. The van der Waals surface area contributed by atoms with Crippen LogP contribution in [0.1, 0.15) is 47.2 Å². The minimum Gasteiger partial charge on any atom is -0.497 e. The van der Waals surface area contributed by atoms with Gasteiger partial charge in [0.2, 0.25) is 5.91 Å². The lowest BCUT2D eigenvalue weighted by Gasteiger charge is -2.30. The first-order chi connectivity index (χ1) is 17.5. The zero-order chi connectivity index (χ0) is 25.5. The van der Waals surface area contributed by atoms with Crippen LogP contribution < -0.4 is 9.47 Å². The Morgan fingerprint density at radius 2 is 1.72 bits per heavy atom. The Kier molecular flexibility index (Phi) is 8.59.